The predicted molar refractivity (Wildman–Crippen MR) is 103 cm³/mol. The monoisotopic (exact) mass is 347 g/mol. The van der Waals surface area contributed by atoms with Gasteiger partial charge in [-0.1, -0.05) is 24.6 Å². The molecule has 0 atom stereocenters. The number of methoxy groups -OCH3 is 1. The number of para-hydroxylation sites is 1. The van der Waals surface area contributed by atoms with Crippen molar-refractivity contribution in [1.29, 1.82) is 0 Å². The molecule has 2 rings (SSSR count). The maximum Gasteiger partial charge on any atom is 0.191 e. The summed E-state index contributed by atoms with van der Waals surface area (Å²) in [6.45, 7) is 8.04. The van der Waals surface area contributed by atoms with Crippen LogP contribution < -0.4 is 15.4 Å². The van der Waals surface area contributed by atoms with Gasteiger partial charge in [0.25, 0.3) is 0 Å². The highest BCUT2D eigenvalue weighted by Gasteiger charge is 2.36. The molecule has 5 nitrogen and oxygen atoms in total. The Labute approximate surface area is 152 Å². The number of hydrogen-bond donors (Lipinski definition) is 2. The smallest absolute Gasteiger partial charge is 0.191 e. The van der Waals surface area contributed by atoms with Crippen LogP contribution in [-0.2, 0) is 4.74 Å². The molecule has 0 unspecified atom stereocenters. The number of rotatable bonds is 10. The zero-order valence-corrected chi connectivity index (χ0v) is 15.9. The van der Waals surface area contributed by atoms with Gasteiger partial charge in [-0.3, -0.25) is 4.99 Å². The minimum absolute atomic E-state index is 0.343. The zero-order chi connectivity index (χ0) is 18.0. The van der Waals surface area contributed by atoms with E-state index < -0.39 is 0 Å². The Morgan fingerprint density at radius 1 is 1.20 bits per heavy atom. The lowest BCUT2D eigenvalue weighted by atomic mass is 9.67. The van der Waals surface area contributed by atoms with Crippen molar-refractivity contribution in [2.24, 2.45) is 10.4 Å². The number of aliphatic imine (C=N–C) groups is 1. The van der Waals surface area contributed by atoms with Gasteiger partial charge < -0.3 is 20.1 Å². The highest BCUT2D eigenvalue weighted by molar-refractivity contribution is 5.79. The lowest BCUT2D eigenvalue weighted by Crippen LogP contribution is -2.41. The highest BCUT2D eigenvalue weighted by atomic mass is 16.5. The molecule has 140 valence electrons. The van der Waals surface area contributed by atoms with Crippen LogP contribution in [0.2, 0.25) is 0 Å². The molecule has 0 spiro atoms. The van der Waals surface area contributed by atoms with Gasteiger partial charge in [0, 0.05) is 26.8 Å². The molecule has 0 radical (unpaired) electrons. The Bertz CT molecular complexity index is 541. The van der Waals surface area contributed by atoms with Gasteiger partial charge in [0.1, 0.15) is 12.4 Å². The molecular formula is C20H33N3O2. The second kappa shape index (κ2) is 10.3. The summed E-state index contributed by atoms with van der Waals surface area (Å²) in [7, 11) is 1.77. The van der Waals surface area contributed by atoms with E-state index in [2.05, 4.69) is 30.5 Å². The first-order valence-corrected chi connectivity index (χ1v) is 9.39. The molecule has 1 aliphatic carbocycles. The van der Waals surface area contributed by atoms with Crippen LogP contribution >= 0.6 is 0 Å². The molecule has 0 aromatic heterocycles. The van der Waals surface area contributed by atoms with Gasteiger partial charge in [-0.25, -0.2) is 0 Å². The number of guanidine groups is 1. The Morgan fingerprint density at radius 3 is 2.64 bits per heavy atom. The average Bonchev–Trinajstić information content (AvgIpc) is 2.58. The van der Waals surface area contributed by atoms with E-state index in [1.807, 2.05) is 18.2 Å². The van der Waals surface area contributed by atoms with Crippen molar-refractivity contribution in [2.75, 3.05) is 40.0 Å². The molecular weight excluding hydrogens is 314 g/mol. The largest absolute Gasteiger partial charge is 0.491 e. The average molecular weight is 348 g/mol. The van der Waals surface area contributed by atoms with Crippen molar-refractivity contribution in [3.63, 3.8) is 0 Å². The van der Waals surface area contributed by atoms with Gasteiger partial charge in [-0.15, -0.1) is 0 Å². The zero-order valence-electron chi connectivity index (χ0n) is 15.9. The summed E-state index contributed by atoms with van der Waals surface area (Å²) in [4.78, 5) is 4.81. The van der Waals surface area contributed by atoms with Gasteiger partial charge in [0.2, 0.25) is 0 Å². The Kier molecular flexibility index (Phi) is 8.06. The quantitative estimate of drug-likeness (QED) is 0.388. The molecule has 5 heteroatoms. The summed E-state index contributed by atoms with van der Waals surface area (Å²) < 4.78 is 11.1. The van der Waals surface area contributed by atoms with Gasteiger partial charge >= 0.3 is 0 Å². The number of hydrogen-bond acceptors (Lipinski definition) is 3. The van der Waals surface area contributed by atoms with E-state index in [4.69, 9.17) is 14.5 Å². The first-order valence-electron chi connectivity index (χ1n) is 9.39. The van der Waals surface area contributed by atoms with E-state index in [-0.39, 0.29) is 0 Å². The van der Waals surface area contributed by atoms with E-state index in [1.165, 1.54) is 19.3 Å². The molecule has 1 aromatic rings. The van der Waals surface area contributed by atoms with Gasteiger partial charge in [0.05, 0.1) is 6.54 Å². The first kappa shape index (κ1) is 19.6. The van der Waals surface area contributed by atoms with Crippen molar-refractivity contribution >= 4 is 5.96 Å². The molecule has 0 amide bonds. The topological polar surface area (TPSA) is 54.9 Å². The van der Waals surface area contributed by atoms with Crippen LogP contribution in [0.5, 0.6) is 5.75 Å². The molecule has 0 aliphatic heterocycles. The van der Waals surface area contributed by atoms with Crippen LogP contribution in [0, 0.1) is 12.3 Å². The Hall–Kier alpha value is -1.75. The minimum Gasteiger partial charge on any atom is -0.491 e. The molecule has 0 saturated heterocycles. The van der Waals surface area contributed by atoms with E-state index in [0.717, 1.165) is 49.9 Å². The second-order valence-corrected chi connectivity index (χ2v) is 6.83. The molecule has 0 heterocycles. The molecule has 1 fully saturated rings. The normalized spacial score (nSPS) is 16.2. The number of nitrogens with one attached hydrogen (secondary N) is 2. The molecule has 0 bridgehead atoms. The molecule has 25 heavy (non-hydrogen) atoms. The third-order valence-electron chi connectivity index (χ3n) is 4.91. The van der Waals surface area contributed by atoms with Crippen LogP contribution in [0.15, 0.2) is 29.3 Å². The molecule has 1 aromatic carbocycles. The summed E-state index contributed by atoms with van der Waals surface area (Å²) in [5.41, 5.74) is 1.50. The van der Waals surface area contributed by atoms with Crippen LogP contribution in [0.1, 0.15) is 38.2 Å². The lowest BCUT2D eigenvalue weighted by molar-refractivity contribution is 0.0778. The highest BCUT2D eigenvalue weighted by Crippen LogP contribution is 2.44. The van der Waals surface area contributed by atoms with Crippen LogP contribution in [-0.4, -0.2) is 45.9 Å². The molecule has 1 saturated carbocycles. The molecule has 1 aliphatic rings. The van der Waals surface area contributed by atoms with Crippen molar-refractivity contribution in [2.45, 2.75) is 39.5 Å². The predicted octanol–water partition coefficient (Wildman–Crippen LogP) is 3.14. The van der Waals surface area contributed by atoms with E-state index in [0.29, 0.717) is 12.0 Å². The summed E-state index contributed by atoms with van der Waals surface area (Å²) in [6.07, 6.45) is 4.93. The van der Waals surface area contributed by atoms with Crippen molar-refractivity contribution in [1.82, 2.24) is 10.6 Å². The third-order valence-corrected chi connectivity index (χ3v) is 4.91. The van der Waals surface area contributed by atoms with Gasteiger partial charge in [0.15, 0.2) is 5.96 Å². The van der Waals surface area contributed by atoms with Crippen molar-refractivity contribution in [3.8, 4) is 5.75 Å². The number of benzene rings is 1. The second-order valence-electron chi connectivity index (χ2n) is 6.83. The number of ether oxygens (including phenoxy) is 2. The first-order chi connectivity index (χ1) is 12.2. The third kappa shape index (κ3) is 6.24. The number of aryl methyl sites for hydroxylation is 1. The fourth-order valence-electron chi connectivity index (χ4n) is 3.12. The summed E-state index contributed by atoms with van der Waals surface area (Å²) in [5.74, 6) is 1.82. The fraction of sp³-hybridized carbons (Fsp3) is 0.650. The maximum atomic E-state index is 5.83. The van der Waals surface area contributed by atoms with Gasteiger partial charge in [-0.2, -0.15) is 0 Å². The number of nitrogens with zero attached hydrogens (tertiary/aromatic N) is 1. The Morgan fingerprint density at radius 2 is 2.00 bits per heavy atom. The summed E-state index contributed by atoms with van der Waals surface area (Å²) >= 11 is 0. The minimum atomic E-state index is 0.343. The van der Waals surface area contributed by atoms with E-state index in [9.17, 15) is 0 Å². The van der Waals surface area contributed by atoms with Crippen LogP contribution in [0.4, 0.5) is 0 Å². The molecule has 2 N–H and O–H groups in total. The summed E-state index contributed by atoms with van der Waals surface area (Å²) in [5, 5.41) is 6.69. The standard InChI is InChI=1S/C20H33N3O2/c1-4-21-19(23-16-20(10-7-11-20)12-14-24-3)22-13-15-25-18-9-6-5-8-17(18)2/h5-6,8-9H,4,7,10-16H2,1-3H3,(H2,21,22,23). The van der Waals surface area contributed by atoms with Crippen LogP contribution in [0.25, 0.3) is 0 Å². The fourth-order valence-corrected chi connectivity index (χ4v) is 3.12. The SMILES string of the molecule is CCNC(=NCC1(CCOC)CCC1)NCCOc1ccccc1C. The lowest BCUT2D eigenvalue weighted by Gasteiger charge is -2.40. The van der Waals surface area contributed by atoms with Gasteiger partial charge in [-0.05, 0) is 50.2 Å². The summed E-state index contributed by atoms with van der Waals surface area (Å²) in [6, 6.07) is 8.09. The van der Waals surface area contributed by atoms with Crippen molar-refractivity contribution in [3.05, 3.63) is 29.8 Å². The Balaban J connectivity index is 1.78. The van der Waals surface area contributed by atoms with Crippen LogP contribution in [0.3, 0.4) is 0 Å². The van der Waals surface area contributed by atoms with E-state index >= 15 is 0 Å². The maximum absolute atomic E-state index is 5.83. The van der Waals surface area contributed by atoms with E-state index in [1.54, 1.807) is 7.11 Å². The van der Waals surface area contributed by atoms with Crippen molar-refractivity contribution < 1.29 is 9.47 Å².